The van der Waals surface area contributed by atoms with E-state index in [4.69, 9.17) is 11.6 Å². The Morgan fingerprint density at radius 1 is 0.710 bits per heavy atom. The van der Waals surface area contributed by atoms with Crippen LogP contribution in [0.25, 0.3) is 0 Å². The summed E-state index contributed by atoms with van der Waals surface area (Å²) in [6, 6.07) is -0.435. The molecule has 1 amide bonds. The second kappa shape index (κ2) is 24.4. The van der Waals surface area contributed by atoms with Crippen molar-refractivity contribution in [2.75, 3.05) is 17.4 Å². The van der Waals surface area contributed by atoms with Crippen LogP contribution in [0.15, 0.2) is 0 Å². The number of amides is 1. The number of rotatable bonds is 24. The summed E-state index contributed by atoms with van der Waals surface area (Å²) in [7, 11) is 0. The van der Waals surface area contributed by atoms with Crippen molar-refractivity contribution in [2.24, 2.45) is 0 Å². The van der Waals surface area contributed by atoms with Crippen molar-refractivity contribution >= 4 is 35.1 Å². The van der Waals surface area contributed by atoms with Crippen LogP contribution < -0.4 is 5.32 Å². The summed E-state index contributed by atoms with van der Waals surface area (Å²) >= 11 is 7.36. The molecule has 0 fully saturated rings. The van der Waals surface area contributed by atoms with Gasteiger partial charge in [-0.15, -0.1) is 11.6 Å². The van der Waals surface area contributed by atoms with Gasteiger partial charge in [0.15, 0.2) is 5.78 Å². The highest BCUT2D eigenvalue weighted by Crippen LogP contribution is 2.15. The molecule has 0 aromatic heterocycles. The Kier molecular flexibility index (Phi) is 24.2. The Hall–Kier alpha value is -0.220. The van der Waals surface area contributed by atoms with Crippen LogP contribution >= 0.6 is 23.4 Å². The minimum atomic E-state index is -0.435. The fraction of sp³-hybridized carbons (Fsp3) is 0.923. The normalized spacial score (nSPS) is 12.1. The quantitative estimate of drug-likeness (QED) is 0.113. The summed E-state index contributed by atoms with van der Waals surface area (Å²) in [6.07, 6.45) is 25.0. The molecule has 0 heterocycles. The number of carbonyl (C=O) groups is 2. The maximum atomic E-state index is 11.7. The van der Waals surface area contributed by atoms with Gasteiger partial charge in [0.2, 0.25) is 5.91 Å². The number of alkyl halides is 1. The van der Waals surface area contributed by atoms with Crippen LogP contribution in [0.2, 0.25) is 0 Å². The summed E-state index contributed by atoms with van der Waals surface area (Å²) in [5.41, 5.74) is 0. The Morgan fingerprint density at radius 3 is 1.45 bits per heavy atom. The largest absolute Gasteiger partial charge is 0.346 e. The van der Waals surface area contributed by atoms with Crippen LogP contribution in [-0.2, 0) is 9.59 Å². The topological polar surface area (TPSA) is 46.2 Å². The SMILES string of the molecule is CCCCCCCCCCCCCCCCCCCCSC[C@H](NC(C)=O)C(=O)CCl. The monoisotopic (exact) mass is 475 g/mol. The molecule has 0 radical (unpaired) electrons. The van der Waals surface area contributed by atoms with Crippen molar-refractivity contribution < 1.29 is 9.59 Å². The van der Waals surface area contributed by atoms with Gasteiger partial charge in [-0.3, -0.25) is 9.59 Å². The van der Waals surface area contributed by atoms with Crippen molar-refractivity contribution in [3.8, 4) is 0 Å². The molecule has 1 N–H and O–H groups in total. The summed E-state index contributed by atoms with van der Waals surface area (Å²) in [5.74, 6) is 1.37. The Bertz CT molecular complexity index is 420. The van der Waals surface area contributed by atoms with Crippen molar-refractivity contribution in [1.29, 1.82) is 0 Å². The molecule has 0 aliphatic heterocycles. The number of nitrogens with one attached hydrogen (secondary N) is 1. The molecule has 0 aromatic carbocycles. The smallest absolute Gasteiger partial charge is 0.217 e. The van der Waals surface area contributed by atoms with Crippen molar-refractivity contribution in [2.45, 2.75) is 135 Å². The van der Waals surface area contributed by atoms with Crippen LogP contribution in [-0.4, -0.2) is 35.1 Å². The molecular weight excluding hydrogens is 426 g/mol. The molecule has 3 nitrogen and oxygen atoms in total. The number of hydrogen-bond donors (Lipinski definition) is 1. The zero-order valence-corrected chi connectivity index (χ0v) is 22.1. The first-order valence-electron chi connectivity index (χ1n) is 13.0. The third kappa shape index (κ3) is 22.8. The van der Waals surface area contributed by atoms with E-state index >= 15 is 0 Å². The Morgan fingerprint density at radius 2 is 1.10 bits per heavy atom. The lowest BCUT2D eigenvalue weighted by Crippen LogP contribution is -2.42. The van der Waals surface area contributed by atoms with Crippen LogP contribution in [0.1, 0.15) is 129 Å². The lowest BCUT2D eigenvalue weighted by molar-refractivity contribution is -0.124. The van der Waals surface area contributed by atoms with Gasteiger partial charge in [0.1, 0.15) is 0 Å². The van der Waals surface area contributed by atoms with Crippen LogP contribution in [0.5, 0.6) is 0 Å². The first kappa shape index (κ1) is 30.8. The molecule has 0 spiro atoms. The van der Waals surface area contributed by atoms with Crippen LogP contribution in [0.3, 0.4) is 0 Å². The van der Waals surface area contributed by atoms with Gasteiger partial charge in [-0.05, 0) is 12.2 Å². The summed E-state index contributed by atoms with van der Waals surface area (Å²) in [5, 5.41) is 2.70. The highest BCUT2D eigenvalue weighted by Gasteiger charge is 2.17. The van der Waals surface area contributed by atoms with Crippen molar-refractivity contribution in [1.82, 2.24) is 5.32 Å². The van der Waals surface area contributed by atoms with Gasteiger partial charge in [-0.1, -0.05) is 116 Å². The fourth-order valence-electron chi connectivity index (χ4n) is 3.86. The molecule has 184 valence electrons. The number of Topliss-reactive ketones (excluding diaryl/α,β-unsaturated/α-hetero) is 1. The van der Waals surface area contributed by atoms with Gasteiger partial charge in [-0.2, -0.15) is 11.8 Å². The standard InChI is InChI=1S/C26H50ClNO2S/c1-3-4-5-6-7-8-9-10-11-12-13-14-15-16-17-18-19-20-21-31-23-25(26(30)22-27)28-24(2)29/h25H,3-23H2,1-2H3,(H,28,29)/t25-/m0/s1. The third-order valence-electron chi connectivity index (χ3n) is 5.82. The van der Waals surface area contributed by atoms with Crippen LogP contribution in [0.4, 0.5) is 0 Å². The van der Waals surface area contributed by atoms with Gasteiger partial charge in [-0.25, -0.2) is 0 Å². The minimum Gasteiger partial charge on any atom is -0.346 e. The maximum Gasteiger partial charge on any atom is 0.217 e. The van der Waals surface area contributed by atoms with E-state index in [-0.39, 0.29) is 17.6 Å². The van der Waals surface area contributed by atoms with E-state index < -0.39 is 6.04 Å². The summed E-state index contributed by atoms with van der Waals surface area (Å²) in [4.78, 5) is 22.9. The van der Waals surface area contributed by atoms with Gasteiger partial charge >= 0.3 is 0 Å². The summed E-state index contributed by atoms with van der Waals surface area (Å²) in [6.45, 7) is 3.72. The van der Waals surface area contributed by atoms with Gasteiger partial charge in [0.25, 0.3) is 0 Å². The van der Waals surface area contributed by atoms with Crippen LogP contribution in [0, 0.1) is 0 Å². The summed E-state index contributed by atoms with van der Waals surface area (Å²) < 4.78 is 0. The second-order valence-electron chi connectivity index (χ2n) is 8.94. The molecular formula is C26H50ClNO2S. The molecule has 0 bridgehead atoms. The van der Waals surface area contributed by atoms with Crippen molar-refractivity contribution in [3.63, 3.8) is 0 Å². The molecule has 0 aromatic rings. The Balaban J connectivity index is 3.27. The van der Waals surface area contributed by atoms with Crippen molar-refractivity contribution in [3.05, 3.63) is 0 Å². The number of thioether (sulfide) groups is 1. The minimum absolute atomic E-state index is 0.0370. The number of ketones is 1. The van der Waals surface area contributed by atoms with Gasteiger partial charge < -0.3 is 5.32 Å². The van der Waals surface area contributed by atoms with E-state index in [1.54, 1.807) is 11.8 Å². The molecule has 0 aliphatic rings. The average Bonchev–Trinajstić information content (AvgIpc) is 2.76. The molecule has 0 aliphatic carbocycles. The number of hydrogen-bond acceptors (Lipinski definition) is 3. The zero-order valence-electron chi connectivity index (χ0n) is 20.5. The van der Waals surface area contributed by atoms with E-state index in [2.05, 4.69) is 12.2 Å². The highest BCUT2D eigenvalue weighted by atomic mass is 35.5. The molecule has 5 heteroatoms. The predicted octanol–water partition coefficient (Wildman–Crippen LogP) is 8.07. The molecule has 0 saturated heterocycles. The van der Waals surface area contributed by atoms with Gasteiger partial charge in [0, 0.05) is 12.7 Å². The number of halogens is 1. The highest BCUT2D eigenvalue weighted by molar-refractivity contribution is 7.99. The van der Waals surface area contributed by atoms with E-state index in [1.807, 2.05) is 0 Å². The molecule has 1 atom stereocenters. The number of carbonyl (C=O) groups excluding carboxylic acids is 2. The molecule has 0 rings (SSSR count). The van der Waals surface area contributed by atoms with E-state index in [0.717, 1.165) is 5.75 Å². The second-order valence-corrected chi connectivity index (χ2v) is 10.4. The average molecular weight is 476 g/mol. The first-order chi connectivity index (χ1) is 15.1. The van der Waals surface area contributed by atoms with E-state index in [0.29, 0.717) is 5.75 Å². The predicted molar refractivity (Wildman–Crippen MR) is 139 cm³/mol. The van der Waals surface area contributed by atoms with E-state index in [1.165, 1.54) is 122 Å². The van der Waals surface area contributed by atoms with E-state index in [9.17, 15) is 9.59 Å². The Labute approximate surface area is 202 Å². The fourth-order valence-corrected chi connectivity index (χ4v) is 5.13. The maximum absolute atomic E-state index is 11.7. The molecule has 31 heavy (non-hydrogen) atoms. The number of unbranched alkanes of at least 4 members (excludes halogenated alkanes) is 17. The third-order valence-corrected chi connectivity index (χ3v) is 7.23. The lowest BCUT2D eigenvalue weighted by Gasteiger charge is -2.15. The lowest BCUT2D eigenvalue weighted by atomic mass is 10.0. The zero-order chi connectivity index (χ0) is 23.0. The molecule has 0 unspecified atom stereocenters. The van der Waals surface area contributed by atoms with Gasteiger partial charge in [0.05, 0.1) is 11.9 Å². The molecule has 0 saturated carbocycles. The first-order valence-corrected chi connectivity index (χ1v) is 14.7.